The highest BCUT2D eigenvalue weighted by molar-refractivity contribution is 5.87. The number of hydroxylamine groups is 1. The Kier molecular flexibility index (Phi) is 3.91. The van der Waals surface area contributed by atoms with Gasteiger partial charge in [-0.2, -0.15) is 0 Å². The van der Waals surface area contributed by atoms with Gasteiger partial charge in [0.25, 0.3) is 0 Å². The molecule has 1 rings (SSSR count). The first-order valence-electron chi connectivity index (χ1n) is 5.69. The van der Waals surface area contributed by atoms with Crippen LogP contribution in [0, 0.1) is 16.0 Å². The average molecular weight is 254 g/mol. The molecular weight excluding hydrogens is 236 g/mol. The van der Waals surface area contributed by atoms with Gasteiger partial charge in [-0.3, -0.25) is 19.7 Å². The molecule has 0 aromatic heterocycles. The summed E-state index contributed by atoms with van der Waals surface area (Å²) >= 11 is 0. The van der Waals surface area contributed by atoms with Crippen molar-refractivity contribution in [2.24, 2.45) is 5.92 Å². The Morgan fingerprint density at radius 2 is 2.06 bits per heavy atom. The Morgan fingerprint density at radius 3 is 2.50 bits per heavy atom. The fraction of sp³-hybridized carbons (Fsp3) is 0.583. The van der Waals surface area contributed by atoms with Gasteiger partial charge in [0.15, 0.2) is 0 Å². The van der Waals surface area contributed by atoms with Crippen molar-refractivity contribution in [1.82, 2.24) is 5.48 Å². The van der Waals surface area contributed by atoms with Crippen LogP contribution in [0.5, 0.6) is 0 Å². The van der Waals surface area contributed by atoms with Crippen LogP contribution in [0.25, 0.3) is 0 Å². The number of amides is 1. The maximum absolute atomic E-state index is 12.1. The maximum atomic E-state index is 12.1. The molecular formula is C12H18N2O4. The summed E-state index contributed by atoms with van der Waals surface area (Å²) in [7, 11) is 0. The van der Waals surface area contributed by atoms with E-state index in [1.807, 2.05) is 0 Å². The van der Waals surface area contributed by atoms with Crippen molar-refractivity contribution >= 4 is 5.91 Å². The molecule has 0 spiro atoms. The normalized spacial score (nSPS) is 27.0. The summed E-state index contributed by atoms with van der Waals surface area (Å²) in [5, 5.41) is 11.3. The van der Waals surface area contributed by atoms with Gasteiger partial charge in [-0.05, 0) is 20.8 Å². The molecule has 0 saturated carbocycles. The Labute approximate surface area is 106 Å². The lowest BCUT2D eigenvalue weighted by Gasteiger charge is -2.28. The van der Waals surface area contributed by atoms with Crippen LogP contribution < -0.4 is 5.48 Å². The number of hydrogen-bond donors (Lipinski definition) is 1. The monoisotopic (exact) mass is 254 g/mol. The van der Waals surface area contributed by atoms with Gasteiger partial charge >= 0.3 is 11.4 Å². The van der Waals surface area contributed by atoms with Crippen molar-refractivity contribution in [1.29, 1.82) is 0 Å². The van der Waals surface area contributed by atoms with Crippen LogP contribution in [0.1, 0.15) is 27.7 Å². The Hall–Kier alpha value is -1.69. The number of nitro groups is 1. The minimum absolute atomic E-state index is 0.541. The Bertz CT molecular complexity index is 409. The summed E-state index contributed by atoms with van der Waals surface area (Å²) in [6, 6.07) is 0. The van der Waals surface area contributed by atoms with E-state index < -0.39 is 27.9 Å². The van der Waals surface area contributed by atoms with Crippen LogP contribution in [-0.4, -0.2) is 22.0 Å². The van der Waals surface area contributed by atoms with Crippen LogP contribution in [0.4, 0.5) is 0 Å². The van der Waals surface area contributed by atoms with Crippen LogP contribution in [-0.2, 0) is 9.63 Å². The highest BCUT2D eigenvalue weighted by atomic mass is 16.7. The molecule has 0 aromatic rings. The standard InChI is InChI=1S/C12H18N2O4/c1-9-7-5-6-8-12(9,14(16)17)10(15)13-18-11(2,3)4/h5-9H,1-4H3,(H,13,15). The SMILES string of the molecule is CC1C=CC=CC1(C(=O)NOC(C)(C)C)[N+](=O)[O-]. The molecule has 6 heteroatoms. The van der Waals surface area contributed by atoms with Gasteiger partial charge in [0, 0.05) is 11.0 Å². The fourth-order valence-electron chi connectivity index (χ4n) is 1.61. The zero-order valence-electron chi connectivity index (χ0n) is 11.0. The minimum Gasteiger partial charge on any atom is -0.268 e. The van der Waals surface area contributed by atoms with E-state index >= 15 is 0 Å². The predicted molar refractivity (Wildman–Crippen MR) is 66.2 cm³/mol. The molecule has 0 aliphatic heterocycles. The first-order chi connectivity index (χ1) is 8.20. The number of rotatable bonds is 3. The van der Waals surface area contributed by atoms with E-state index in [1.54, 1.807) is 39.8 Å². The minimum atomic E-state index is -1.81. The quantitative estimate of drug-likeness (QED) is 0.612. The van der Waals surface area contributed by atoms with Crippen molar-refractivity contribution in [3.05, 3.63) is 34.4 Å². The zero-order valence-corrected chi connectivity index (χ0v) is 11.0. The molecule has 1 amide bonds. The zero-order chi connectivity index (χ0) is 14.0. The summed E-state index contributed by atoms with van der Waals surface area (Å²) in [4.78, 5) is 27.8. The van der Waals surface area contributed by atoms with Gasteiger partial charge in [0.1, 0.15) is 0 Å². The number of carbonyl (C=O) groups is 1. The third-order valence-electron chi connectivity index (χ3n) is 2.67. The molecule has 0 bridgehead atoms. The number of nitrogens with one attached hydrogen (secondary N) is 1. The van der Waals surface area contributed by atoms with Crippen molar-refractivity contribution in [2.75, 3.05) is 0 Å². The molecule has 2 atom stereocenters. The molecule has 1 aliphatic carbocycles. The van der Waals surface area contributed by atoms with E-state index in [0.717, 1.165) is 0 Å². The topological polar surface area (TPSA) is 81.5 Å². The molecule has 2 unspecified atom stereocenters. The molecule has 1 aliphatic rings. The van der Waals surface area contributed by atoms with Crippen molar-refractivity contribution in [3.63, 3.8) is 0 Å². The maximum Gasteiger partial charge on any atom is 0.326 e. The summed E-state index contributed by atoms with van der Waals surface area (Å²) in [5.74, 6) is -1.31. The lowest BCUT2D eigenvalue weighted by molar-refractivity contribution is -0.546. The number of nitrogens with zero attached hydrogens (tertiary/aromatic N) is 1. The number of carbonyl (C=O) groups excluding carboxylic acids is 1. The van der Waals surface area contributed by atoms with Crippen LogP contribution >= 0.6 is 0 Å². The molecule has 0 radical (unpaired) electrons. The van der Waals surface area contributed by atoms with Crippen molar-refractivity contribution < 1.29 is 14.6 Å². The Morgan fingerprint density at radius 1 is 1.44 bits per heavy atom. The summed E-state index contributed by atoms with van der Waals surface area (Å²) in [6.45, 7) is 6.85. The van der Waals surface area contributed by atoms with E-state index in [9.17, 15) is 14.9 Å². The van der Waals surface area contributed by atoms with E-state index in [1.165, 1.54) is 12.2 Å². The summed E-state index contributed by atoms with van der Waals surface area (Å²) < 4.78 is 0. The molecule has 0 fully saturated rings. The first-order valence-corrected chi connectivity index (χ1v) is 5.69. The second-order valence-electron chi connectivity index (χ2n) is 5.26. The fourth-order valence-corrected chi connectivity index (χ4v) is 1.61. The van der Waals surface area contributed by atoms with Crippen LogP contribution in [0.3, 0.4) is 0 Å². The molecule has 0 heterocycles. The molecule has 6 nitrogen and oxygen atoms in total. The van der Waals surface area contributed by atoms with Gasteiger partial charge in [-0.15, -0.1) is 0 Å². The average Bonchev–Trinajstić information content (AvgIpc) is 2.25. The van der Waals surface area contributed by atoms with Crippen molar-refractivity contribution in [3.8, 4) is 0 Å². The van der Waals surface area contributed by atoms with E-state index in [-0.39, 0.29) is 0 Å². The van der Waals surface area contributed by atoms with Gasteiger partial charge in [-0.25, -0.2) is 5.48 Å². The number of hydrogen-bond acceptors (Lipinski definition) is 4. The lowest BCUT2D eigenvalue weighted by atomic mass is 9.82. The Balaban J connectivity index is 2.93. The second-order valence-corrected chi connectivity index (χ2v) is 5.26. The van der Waals surface area contributed by atoms with Gasteiger partial charge < -0.3 is 0 Å². The van der Waals surface area contributed by atoms with E-state index in [2.05, 4.69) is 5.48 Å². The number of allylic oxidation sites excluding steroid dienone is 2. The first kappa shape index (κ1) is 14.4. The van der Waals surface area contributed by atoms with E-state index in [0.29, 0.717) is 0 Å². The van der Waals surface area contributed by atoms with Crippen LogP contribution in [0.15, 0.2) is 24.3 Å². The molecule has 0 aromatic carbocycles. The van der Waals surface area contributed by atoms with E-state index in [4.69, 9.17) is 4.84 Å². The molecule has 0 saturated heterocycles. The summed E-state index contributed by atoms with van der Waals surface area (Å²) in [5.41, 5.74) is -0.233. The second kappa shape index (κ2) is 4.89. The molecule has 18 heavy (non-hydrogen) atoms. The largest absolute Gasteiger partial charge is 0.326 e. The smallest absolute Gasteiger partial charge is 0.268 e. The van der Waals surface area contributed by atoms with Crippen molar-refractivity contribution in [2.45, 2.75) is 38.8 Å². The van der Waals surface area contributed by atoms with Gasteiger partial charge in [0.05, 0.1) is 11.5 Å². The third-order valence-corrected chi connectivity index (χ3v) is 2.67. The van der Waals surface area contributed by atoms with Crippen LogP contribution in [0.2, 0.25) is 0 Å². The predicted octanol–water partition coefficient (Wildman–Crippen LogP) is 1.61. The molecule has 100 valence electrons. The lowest BCUT2D eigenvalue weighted by Crippen LogP contribution is -2.56. The van der Waals surface area contributed by atoms with Gasteiger partial charge in [-0.1, -0.05) is 25.2 Å². The molecule has 1 N–H and O–H groups in total. The highest BCUT2D eigenvalue weighted by Crippen LogP contribution is 2.28. The summed E-state index contributed by atoms with van der Waals surface area (Å²) in [6.07, 6.45) is 6.10. The third kappa shape index (κ3) is 2.76. The van der Waals surface area contributed by atoms with Gasteiger partial charge in [0.2, 0.25) is 0 Å². The highest BCUT2D eigenvalue weighted by Gasteiger charge is 2.53.